The summed E-state index contributed by atoms with van der Waals surface area (Å²) in [6, 6.07) is 10.7. The zero-order valence-corrected chi connectivity index (χ0v) is 13.9. The number of benzene rings is 1. The van der Waals surface area contributed by atoms with Gasteiger partial charge in [-0.15, -0.1) is 0 Å². The largest absolute Gasteiger partial charge is 0.438 e. The lowest BCUT2D eigenvalue weighted by Crippen LogP contribution is -2.38. The molecule has 0 bridgehead atoms. The third-order valence-electron chi connectivity index (χ3n) is 3.45. The van der Waals surface area contributed by atoms with Crippen LogP contribution < -0.4 is 4.74 Å². The van der Waals surface area contributed by atoms with Crippen molar-refractivity contribution in [3.63, 3.8) is 0 Å². The average Bonchev–Trinajstić information content (AvgIpc) is 2.60. The van der Waals surface area contributed by atoms with Crippen LogP contribution in [0.1, 0.15) is 5.56 Å². The van der Waals surface area contributed by atoms with Gasteiger partial charge in [-0.3, -0.25) is 0 Å². The first-order chi connectivity index (χ1) is 11.3. The third kappa shape index (κ3) is 3.89. The minimum atomic E-state index is 0.404. The fourth-order valence-electron chi connectivity index (χ4n) is 2.32. The van der Waals surface area contributed by atoms with Crippen LogP contribution in [0.3, 0.4) is 0 Å². The second-order valence-corrected chi connectivity index (χ2v) is 6.60. The van der Waals surface area contributed by atoms with Crippen molar-refractivity contribution < 1.29 is 9.94 Å². The molecular weight excluding hydrogens is 334 g/mol. The molecule has 120 valence electrons. The summed E-state index contributed by atoms with van der Waals surface area (Å²) in [5.41, 5.74) is 0.664. The predicted molar refractivity (Wildman–Crippen MR) is 93.0 cm³/mol. The van der Waals surface area contributed by atoms with Gasteiger partial charge >= 0.3 is 0 Å². The van der Waals surface area contributed by atoms with E-state index in [1.54, 1.807) is 36.5 Å². The van der Waals surface area contributed by atoms with E-state index in [1.165, 1.54) is 0 Å². The van der Waals surface area contributed by atoms with Crippen molar-refractivity contribution in [1.29, 1.82) is 0 Å². The summed E-state index contributed by atoms with van der Waals surface area (Å²) in [6.45, 7) is 1.67. The molecule has 0 radical (unpaired) electrons. The van der Waals surface area contributed by atoms with Crippen molar-refractivity contribution >= 4 is 29.2 Å². The second-order valence-electron chi connectivity index (χ2n) is 4.94. The molecule has 1 aromatic heterocycles. The fraction of sp³-hybridized carbons (Fsp3) is 0.250. The van der Waals surface area contributed by atoms with Crippen LogP contribution >= 0.6 is 23.4 Å². The lowest BCUT2D eigenvalue weighted by molar-refractivity contribution is 0.303. The van der Waals surface area contributed by atoms with Crippen LogP contribution in [-0.2, 0) is 0 Å². The minimum absolute atomic E-state index is 0.404. The summed E-state index contributed by atoms with van der Waals surface area (Å²) in [4.78, 5) is 6.32. The molecule has 0 spiro atoms. The summed E-state index contributed by atoms with van der Waals surface area (Å²) in [6.07, 6.45) is 1.65. The number of hydrogen-bond acceptors (Lipinski definition) is 5. The monoisotopic (exact) mass is 349 g/mol. The molecule has 1 saturated heterocycles. The summed E-state index contributed by atoms with van der Waals surface area (Å²) in [7, 11) is 0. The van der Waals surface area contributed by atoms with Crippen LogP contribution in [0.25, 0.3) is 0 Å². The first-order valence-electron chi connectivity index (χ1n) is 7.21. The summed E-state index contributed by atoms with van der Waals surface area (Å²) < 4.78 is 5.84. The van der Waals surface area contributed by atoms with Crippen LogP contribution in [0.15, 0.2) is 47.8 Å². The van der Waals surface area contributed by atoms with E-state index in [1.807, 2.05) is 22.7 Å². The van der Waals surface area contributed by atoms with Crippen LogP contribution in [0, 0.1) is 0 Å². The SMILES string of the molecule is O/N=C(/c1cccnc1Oc1ccc(Cl)cc1)N1CCSCC1. The molecule has 1 N–H and O–H groups in total. The Morgan fingerprint density at radius 2 is 1.96 bits per heavy atom. The molecule has 3 rings (SSSR count). The van der Waals surface area contributed by atoms with Crippen molar-refractivity contribution in [3.8, 4) is 11.6 Å². The molecule has 0 atom stereocenters. The number of hydrogen-bond donors (Lipinski definition) is 1. The predicted octanol–water partition coefficient (Wildman–Crippen LogP) is 3.71. The van der Waals surface area contributed by atoms with Gasteiger partial charge in [0.05, 0.1) is 5.56 Å². The van der Waals surface area contributed by atoms with Crippen molar-refractivity contribution in [2.75, 3.05) is 24.6 Å². The van der Waals surface area contributed by atoms with Crippen LogP contribution in [0.4, 0.5) is 0 Å². The Kier molecular flexibility index (Phi) is 5.25. The molecule has 2 aromatic rings. The first-order valence-corrected chi connectivity index (χ1v) is 8.75. The zero-order valence-electron chi connectivity index (χ0n) is 12.4. The highest BCUT2D eigenvalue weighted by molar-refractivity contribution is 7.99. The van der Waals surface area contributed by atoms with Gasteiger partial charge in [-0.1, -0.05) is 16.8 Å². The lowest BCUT2D eigenvalue weighted by Gasteiger charge is -2.29. The van der Waals surface area contributed by atoms with Crippen LogP contribution in [0.2, 0.25) is 5.02 Å². The number of thioether (sulfide) groups is 1. The molecular formula is C16H16ClN3O2S. The standard InChI is InChI=1S/C16H16ClN3O2S/c17-12-3-5-13(6-4-12)22-16-14(2-1-7-18-16)15(19-21)20-8-10-23-11-9-20/h1-7,21H,8-11H2/b19-15-. The molecule has 0 unspecified atom stereocenters. The van der Waals surface area contributed by atoms with Gasteiger partial charge in [-0.2, -0.15) is 11.8 Å². The number of aromatic nitrogens is 1. The number of amidine groups is 1. The van der Waals surface area contributed by atoms with E-state index in [0.717, 1.165) is 24.6 Å². The highest BCUT2D eigenvalue weighted by atomic mass is 35.5. The highest BCUT2D eigenvalue weighted by Crippen LogP contribution is 2.26. The Balaban J connectivity index is 1.88. The quantitative estimate of drug-likeness (QED) is 0.396. The molecule has 1 fully saturated rings. The Bertz CT molecular complexity index is 688. The fourth-order valence-corrected chi connectivity index (χ4v) is 3.35. The molecule has 0 saturated carbocycles. The molecule has 5 nitrogen and oxygen atoms in total. The van der Waals surface area contributed by atoms with Crippen molar-refractivity contribution in [1.82, 2.24) is 9.88 Å². The Morgan fingerprint density at radius 3 is 2.65 bits per heavy atom. The van der Waals surface area contributed by atoms with Gasteiger partial charge < -0.3 is 14.8 Å². The third-order valence-corrected chi connectivity index (χ3v) is 4.64. The molecule has 0 amide bonds. The molecule has 2 heterocycles. The number of pyridine rings is 1. The van der Waals surface area contributed by atoms with Crippen molar-refractivity contribution in [2.45, 2.75) is 0 Å². The van der Waals surface area contributed by atoms with E-state index >= 15 is 0 Å². The molecule has 23 heavy (non-hydrogen) atoms. The zero-order chi connectivity index (χ0) is 16.1. The van der Waals surface area contributed by atoms with E-state index in [4.69, 9.17) is 16.3 Å². The van der Waals surface area contributed by atoms with Gasteiger partial charge in [-0.05, 0) is 36.4 Å². The smallest absolute Gasteiger partial charge is 0.230 e. The number of halogens is 1. The normalized spacial score (nSPS) is 15.5. The molecule has 0 aliphatic carbocycles. The maximum Gasteiger partial charge on any atom is 0.230 e. The summed E-state index contributed by atoms with van der Waals surface area (Å²) >= 11 is 7.78. The van der Waals surface area contributed by atoms with E-state index in [9.17, 15) is 5.21 Å². The number of nitrogens with zero attached hydrogens (tertiary/aromatic N) is 3. The minimum Gasteiger partial charge on any atom is -0.438 e. The molecule has 7 heteroatoms. The van der Waals surface area contributed by atoms with E-state index < -0.39 is 0 Å². The van der Waals surface area contributed by atoms with Gasteiger partial charge in [0.1, 0.15) is 5.75 Å². The first kappa shape index (κ1) is 16.0. The van der Waals surface area contributed by atoms with E-state index in [0.29, 0.717) is 28.1 Å². The Labute approximate surface area is 143 Å². The van der Waals surface area contributed by atoms with Gasteiger partial charge in [0.2, 0.25) is 5.88 Å². The van der Waals surface area contributed by atoms with E-state index in [2.05, 4.69) is 10.1 Å². The molecule has 1 aromatic carbocycles. The second kappa shape index (κ2) is 7.57. The number of rotatable bonds is 3. The van der Waals surface area contributed by atoms with Gasteiger partial charge in [0.15, 0.2) is 5.84 Å². The maximum absolute atomic E-state index is 9.50. The molecule has 1 aliphatic heterocycles. The van der Waals surface area contributed by atoms with Gasteiger partial charge in [-0.25, -0.2) is 4.98 Å². The Morgan fingerprint density at radius 1 is 1.22 bits per heavy atom. The highest BCUT2D eigenvalue weighted by Gasteiger charge is 2.21. The van der Waals surface area contributed by atoms with Crippen LogP contribution in [-0.4, -0.2) is 45.5 Å². The van der Waals surface area contributed by atoms with Gasteiger partial charge in [0.25, 0.3) is 0 Å². The van der Waals surface area contributed by atoms with Crippen molar-refractivity contribution in [3.05, 3.63) is 53.2 Å². The molecule has 1 aliphatic rings. The van der Waals surface area contributed by atoms with Gasteiger partial charge in [0, 0.05) is 35.8 Å². The number of ether oxygens (including phenoxy) is 1. The Hall–Kier alpha value is -1.92. The summed E-state index contributed by atoms with van der Waals surface area (Å²) in [5.74, 6) is 3.53. The maximum atomic E-state index is 9.50. The van der Waals surface area contributed by atoms with E-state index in [-0.39, 0.29) is 0 Å². The topological polar surface area (TPSA) is 58.0 Å². The van der Waals surface area contributed by atoms with Crippen molar-refractivity contribution in [2.24, 2.45) is 5.16 Å². The average molecular weight is 350 g/mol. The lowest BCUT2D eigenvalue weighted by atomic mass is 10.2. The number of oxime groups is 1. The van der Waals surface area contributed by atoms with Crippen LogP contribution in [0.5, 0.6) is 11.6 Å². The summed E-state index contributed by atoms with van der Waals surface area (Å²) in [5, 5.41) is 13.6.